The minimum Gasteiger partial charge on any atom is -0.353 e. The van der Waals surface area contributed by atoms with Crippen molar-refractivity contribution in [3.05, 3.63) is 51.5 Å². The summed E-state index contributed by atoms with van der Waals surface area (Å²) in [6.07, 6.45) is 0. The summed E-state index contributed by atoms with van der Waals surface area (Å²) in [7, 11) is 1.53. The van der Waals surface area contributed by atoms with Crippen LogP contribution in [0.5, 0.6) is 0 Å². The molecule has 1 aromatic heterocycles. The maximum absolute atomic E-state index is 11.9. The number of nitrogens with zero attached hydrogens (tertiary/aromatic N) is 1. The lowest BCUT2D eigenvalue weighted by atomic mass is 10.1. The lowest BCUT2D eigenvalue weighted by Gasteiger charge is -2.03. The molecule has 104 valence electrons. The normalized spacial score (nSPS) is 10.1. The summed E-state index contributed by atoms with van der Waals surface area (Å²) in [4.78, 5) is 27.3. The lowest BCUT2D eigenvalue weighted by Crippen LogP contribution is -2.24. The van der Waals surface area contributed by atoms with Crippen LogP contribution < -0.4 is 10.6 Å². The van der Waals surface area contributed by atoms with Gasteiger partial charge >= 0.3 is 0 Å². The number of carbonyl (C=O) groups excluding carboxylic acids is 2. The van der Waals surface area contributed by atoms with Crippen LogP contribution in [0.25, 0.3) is 0 Å². The summed E-state index contributed by atoms with van der Waals surface area (Å²) in [5.41, 5.74) is 2.46. The molecule has 5 nitrogen and oxygen atoms in total. The maximum Gasteiger partial charge on any atom is 0.280 e. The number of aromatic nitrogens is 1. The van der Waals surface area contributed by atoms with E-state index in [0.717, 1.165) is 16.9 Å². The fourth-order valence-electron chi connectivity index (χ4n) is 1.57. The fourth-order valence-corrected chi connectivity index (χ4v) is 2.31. The van der Waals surface area contributed by atoms with Crippen LogP contribution in [0.1, 0.15) is 31.4 Å². The van der Waals surface area contributed by atoms with Crippen LogP contribution in [0.3, 0.4) is 0 Å². The molecule has 0 saturated carbocycles. The molecule has 0 fully saturated rings. The molecule has 0 aliphatic heterocycles. The molecule has 2 aromatic rings. The van der Waals surface area contributed by atoms with Crippen molar-refractivity contribution in [2.24, 2.45) is 0 Å². The summed E-state index contributed by atoms with van der Waals surface area (Å²) in [6, 6.07) is 7.92. The molecule has 1 heterocycles. The first-order chi connectivity index (χ1) is 9.60. The molecular weight excluding hydrogens is 274 g/mol. The first-order valence-electron chi connectivity index (χ1n) is 6.11. The highest BCUT2D eigenvalue weighted by Crippen LogP contribution is 2.10. The predicted octanol–water partition coefficient (Wildman–Crippen LogP) is 1.74. The van der Waals surface area contributed by atoms with Crippen molar-refractivity contribution in [1.82, 2.24) is 15.6 Å². The van der Waals surface area contributed by atoms with Crippen LogP contribution >= 0.6 is 11.3 Å². The third kappa shape index (κ3) is 3.42. The SMILES string of the molecule is CNC(=O)c1nc(C(=O)NCc2ccc(C)cc2)cs1. The number of amides is 2. The van der Waals surface area contributed by atoms with Gasteiger partial charge in [0.15, 0.2) is 5.01 Å². The topological polar surface area (TPSA) is 71.1 Å². The Hall–Kier alpha value is -2.21. The zero-order chi connectivity index (χ0) is 14.5. The second kappa shape index (κ2) is 6.29. The number of aryl methyl sites for hydroxylation is 1. The molecule has 2 rings (SSSR count). The third-order valence-corrected chi connectivity index (χ3v) is 3.57. The Bertz CT molecular complexity index is 620. The average molecular weight is 289 g/mol. The van der Waals surface area contributed by atoms with E-state index in [0.29, 0.717) is 6.54 Å². The van der Waals surface area contributed by atoms with Crippen molar-refractivity contribution >= 4 is 23.2 Å². The van der Waals surface area contributed by atoms with Gasteiger partial charge in [-0.1, -0.05) is 29.8 Å². The highest BCUT2D eigenvalue weighted by Gasteiger charge is 2.14. The highest BCUT2D eigenvalue weighted by atomic mass is 32.1. The van der Waals surface area contributed by atoms with E-state index in [9.17, 15) is 9.59 Å². The van der Waals surface area contributed by atoms with Gasteiger partial charge in [-0.3, -0.25) is 9.59 Å². The number of carbonyl (C=O) groups is 2. The third-order valence-electron chi connectivity index (χ3n) is 2.73. The van der Waals surface area contributed by atoms with Gasteiger partial charge in [-0.05, 0) is 12.5 Å². The van der Waals surface area contributed by atoms with Crippen molar-refractivity contribution in [1.29, 1.82) is 0 Å². The van der Waals surface area contributed by atoms with E-state index in [1.807, 2.05) is 31.2 Å². The number of hydrogen-bond acceptors (Lipinski definition) is 4. The number of benzene rings is 1. The summed E-state index contributed by atoms with van der Waals surface area (Å²) in [5.74, 6) is -0.565. The highest BCUT2D eigenvalue weighted by molar-refractivity contribution is 7.11. The minimum absolute atomic E-state index is 0.265. The summed E-state index contributed by atoms with van der Waals surface area (Å²) >= 11 is 1.15. The quantitative estimate of drug-likeness (QED) is 0.900. The smallest absolute Gasteiger partial charge is 0.280 e. The Balaban J connectivity index is 1.96. The number of hydrogen-bond donors (Lipinski definition) is 2. The second-order valence-corrected chi connectivity index (χ2v) is 5.14. The van der Waals surface area contributed by atoms with E-state index in [1.165, 1.54) is 12.6 Å². The predicted molar refractivity (Wildman–Crippen MR) is 77.9 cm³/mol. The van der Waals surface area contributed by atoms with Gasteiger partial charge in [-0.2, -0.15) is 0 Å². The molecular formula is C14H15N3O2S. The zero-order valence-corrected chi connectivity index (χ0v) is 12.1. The summed E-state index contributed by atoms with van der Waals surface area (Å²) < 4.78 is 0. The molecule has 6 heteroatoms. The second-order valence-electron chi connectivity index (χ2n) is 4.29. The summed E-state index contributed by atoms with van der Waals surface area (Å²) in [6.45, 7) is 2.45. The molecule has 0 radical (unpaired) electrons. The molecule has 2 N–H and O–H groups in total. The largest absolute Gasteiger partial charge is 0.353 e. The minimum atomic E-state index is -0.285. The molecule has 0 spiro atoms. The first kappa shape index (κ1) is 14.2. The first-order valence-corrected chi connectivity index (χ1v) is 6.99. The van der Waals surface area contributed by atoms with Gasteiger partial charge in [0.25, 0.3) is 11.8 Å². The standard InChI is InChI=1S/C14H15N3O2S/c1-9-3-5-10(6-4-9)7-16-12(18)11-8-20-14(17-11)13(19)15-2/h3-6,8H,7H2,1-2H3,(H,15,19)(H,16,18). The fraction of sp³-hybridized carbons (Fsp3) is 0.214. The van der Waals surface area contributed by atoms with Gasteiger partial charge < -0.3 is 10.6 Å². The van der Waals surface area contributed by atoms with Crippen LogP contribution in [0.4, 0.5) is 0 Å². The van der Waals surface area contributed by atoms with Crippen molar-refractivity contribution in [3.8, 4) is 0 Å². The average Bonchev–Trinajstić information content (AvgIpc) is 2.95. The molecule has 1 aromatic carbocycles. The Morgan fingerprint density at radius 2 is 1.90 bits per heavy atom. The lowest BCUT2D eigenvalue weighted by molar-refractivity contribution is 0.0946. The van der Waals surface area contributed by atoms with Gasteiger partial charge in [0, 0.05) is 19.0 Å². The Morgan fingerprint density at radius 3 is 2.55 bits per heavy atom. The van der Waals surface area contributed by atoms with Crippen molar-refractivity contribution in [2.45, 2.75) is 13.5 Å². The van der Waals surface area contributed by atoms with E-state index >= 15 is 0 Å². The zero-order valence-electron chi connectivity index (χ0n) is 11.3. The summed E-state index contributed by atoms with van der Waals surface area (Å²) in [5, 5.41) is 7.12. The maximum atomic E-state index is 11.9. The van der Waals surface area contributed by atoms with Gasteiger partial charge in [-0.15, -0.1) is 11.3 Å². The van der Waals surface area contributed by atoms with Crippen LogP contribution in [-0.2, 0) is 6.54 Å². The Morgan fingerprint density at radius 1 is 1.20 bits per heavy atom. The molecule has 0 bridgehead atoms. The number of thiazole rings is 1. The number of nitrogens with one attached hydrogen (secondary N) is 2. The van der Waals surface area contributed by atoms with Crippen molar-refractivity contribution in [2.75, 3.05) is 7.05 Å². The van der Waals surface area contributed by atoms with Crippen LogP contribution in [0.15, 0.2) is 29.6 Å². The monoisotopic (exact) mass is 289 g/mol. The molecule has 2 amide bonds. The van der Waals surface area contributed by atoms with E-state index in [2.05, 4.69) is 15.6 Å². The molecule has 0 atom stereocenters. The van der Waals surface area contributed by atoms with Gasteiger partial charge in [0.05, 0.1) is 0 Å². The van der Waals surface area contributed by atoms with Crippen molar-refractivity contribution in [3.63, 3.8) is 0 Å². The van der Waals surface area contributed by atoms with Crippen LogP contribution in [0.2, 0.25) is 0 Å². The Kier molecular flexibility index (Phi) is 4.47. The van der Waals surface area contributed by atoms with Crippen molar-refractivity contribution < 1.29 is 9.59 Å². The molecule has 0 aliphatic carbocycles. The Labute approximate surface area is 121 Å². The van der Waals surface area contributed by atoms with Crippen LogP contribution in [-0.4, -0.2) is 23.8 Å². The van der Waals surface area contributed by atoms with E-state index < -0.39 is 0 Å². The number of rotatable bonds is 4. The van der Waals surface area contributed by atoms with Gasteiger partial charge in [0.1, 0.15) is 5.69 Å². The van der Waals surface area contributed by atoms with E-state index in [4.69, 9.17) is 0 Å². The van der Waals surface area contributed by atoms with E-state index in [-0.39, 0.29) is 22.5 Å². The molecule has 20 heavy (non-hydrogen) atoms. The van der Waals surface area contributed by atoms with Gasteiger partial charge in [0.2, 0.25) is 0 Å². The molecule has 0 unspecified atom stereocenters. The molecule has 0 aliphatic rings. The molecule has 0 saturated heterocycles. The van der Waals surface area contributed by atoms with Crippen LogP contribution in [0, 0.1) is 6.92 Å². The van der Waals surface area contributed by atoms with E-state index in [1.54, 1.807) is 5.38 Å². The van der Waals surface area contributed by atoms with Gasteiger partial charge in [-0.25, -0.2) is 4.98 Å².